The molecule has 10 heteroatoms. The lowest BCUT2D eigenvalue weighted by molar-refractivity contribution is -0.148. The van der Waals surface area contributed by atoms with Crippen molar-refractivity contribution in [3.05, 3.63) is 94.0 Å². The lowest BCUT2D eigenvalue weighted by Gasteiger charge is -2.34. The molecule has 43 heavy (non-hydrogen) atoms. The number of amides is 3. The van der Waals surface area contributed by atoms with Gasteiger partial charge in [-0.25, -0.2) is 0 Å². The highest BCUT2D eigenvalue weighted by Gasteiger charge is 2.49. The van der Waals surface area contributed by atoms with Crippen LogP contribution in [-0.2, 0) is 22.6 Å². The van der Waals surface area contributed by atoms with E-state index in [0.717, 1.165) is 16.7 Å². The van der Waals surface area contributed by atoms with E-state index >= 15 is 0 Å². The monoisotopic (exact) mass is 606 g/mol. The predicted molar refractivity (Wildman–Crippen MR) is 167 cm³/mol. The molecule has 1 heterocycles. The molecular formula is C33H39ClN4O5. The van der Waals surface area contributed by atoms with E-state index in [9.17, 15) is 19.5 Å². The maximum atomic E-state index is 13.9. The number of carbonyl (C=O) groups is 3. The molecule has 3 amide bonds. The SMILES string of the molecule is COc1cccc(C[C@H](NC(=O)c2cccc(N)c2Cl)[C@H](O)C(=O)N2CCC(C)(C)[C@H]2C(=O)NCc2ccccc2C)c1. The fourth-order valence-electron chi connectivity index (χ4n) is 5.53. The summed E-state index contributed by atoms with van der Waals surface area (Å²) in [6.45, 7) is 6.44. The van der Waals surface area contributed by atoms with Crippen LogP contribution in [-0.4, -0.2) is 59.6 Å². The number of nitrogens with one attached hydrogen (secondary N) is 2. The van der Waals surface area contributed by atoms with Crippen molar-refractivity contribution in [2.24, 2.45) is 5.41 Å². The van der Waals surface area contributed by atoms with Crippen LogP contribution < -0.4 is 21.1 Å². The van der Waals surface area contributed by atoms with Gasteiger partial charge in [-0.3, -0.25) is 14.4 Å². The average Bonchev–Trinajstić information content (AvgIpc) is 3.31. The second-order valence-electron chi connectivity index (χ2n) is 11.6. The van der Waals surface area contributed by atoms with E-state index in [0.29, 0.717) is 18.7 Å². The van der Waals surface area contributed by atoms with Crippen LogP contribution in [0.3, 0.4) is 0 Å². The van der Waals surface area contributed by atoms with Crippen molar-refractivity contribution in [1.82, 2.24) is 15.5 Å². The molecule has 0 radical (unpaired) electrons. The number of aliphatic hydroxyl groups excluding tert-OH is 1. The molecule has 5 N–H and O–H groups in total. The number of likely N-dealkylation sites (tertiary alicyclic amines) is 1. The Kier molecular flexibility index (Phi) is 9.98. The van der Waals surface area contributed by atoms with Crippen LogP contribution in [0, 0.1) is 12.3 Å². The molecule has 0 saturated carbocycles. The molecule has 0 bridgehead atoms. The quantitative estimate of drug-likeness (QED) is 0.259. The van der Waals surface area contributed by atoms with Gasteiger partial charge in [-0.15, -0.1) is 0 Å². The van der Waals surface area contributed by atoms with E-state index in [1.165, 1.54) is 18.1 Å². The number of halogens is 1. The minimum atomic E-state index is -1.66. The standard InChI is InChI=1S/C33H39ClN4O5/c1-20-9-5-6-11-22(20)19-36-31(41)29-33(2,3)15-16-38(29)32(42)28(39)26(18-21-10-7-12-23(17-21)43-4)37-30(40)24-13-8-14-25(35)27(24)34/h5-14,17,26,28-29,39H,15-16,18-19,35H2,1-4H3,(H,36,41)(H,37,40)/t26-,28-,29+/m0/s1. The van der Waals surface area contributed by atoms with Crippen LogP contribution in [0.15, 0.2) is 66.7 Å². The molecular weight excluding hydrogens is 568 g/mol. The minimum absolute atomic E-state index is 0.0765. The maximum absolute atomic E-state index is 13.9. The number of ether oxygens (including phenoxy) is 1. The lowest BCUT2D eigenvalue weighted by atomic mass is 9.84. The maximum Gasteiger partial charge on any atom is 0.254 e. The van der Waals surface area contributed by atoms with Gasteiger partial charge in [0.15, 0.2) is 6.10 Å². The van der Waals surface area contributed by atoms with E-state index in [1.807, 2.05) is 51.1 Å². The van der Waals surface area contributed by atoms with E-state index in [4.69, 9.17) is 22.1 Å². The normalized spacial score (nSPS) is 17.2. The van der Waals surface area contributed by atoms with Crippen LogP contribution in [0.2, 0.25) is 5.02 Å². The van der Waals surface area contributed by atoms with E-state index in [1.54, 1.807) is 30.3 Å². The molecule has 0 unspecified atom stereocenters. The Balaban J connectivity index is 1.59. The second-order valence-corrected chi connectivity index (χ2v) is 12.0. The summed E-state index contributed by atoms with van der Waals surface area (Å²) in [7, 11) is 1.54. The lowest BCUT2D eigenvalue weighted by Crippen LogP contribution is -2.57. The fourth-order valence-corrected chi connectivity index (χ4v) is 5.74. The Labute approximate surface area is 257 Å². The number of nitrogens with zero attached hydrogens (tertiary/aromatic N) is 1. The summed E-state index contributed by atoms with van der Waals surface area (Å²) in [6.07, 6.45) is -0.979. The third-order valence-electron chi connectivity index (χ3n) is 8.11. The van der Waals surface area contributed by atoms with Crippen molar-refractivity contribution < 1.29 is 24.2 Å². The molecule has 9 nitrogen and oxygen atoms in total. The number of hydrogen-bond donors (Lipinski definition) is 4. The molecule has 0 aromatic heterocycles. The molecule has 1 fully saturated rings. The van der Waals surface area contributed by atoms with E-state index in [2.05, 4.69) is 10.6 Å². The van der Waals surface area contributed by atoms with Crippen molar-refractivity contribution in [2.75, 3.05) is 19.4 Å². The number of hydrogen-bond acceptors (Lipinski definition) is 6. The third kappa shape index (κ3) is 7.29. The largest absolute Gasteiger partial charge is 0.497 e. The molecule has 1 aliphatic heterocycles. The highest BCUT2D eigenvalue weighted by molar-refractivity contribution is 6.36. The summed E-state index contributed by atoms with van der Waals surface area (Å²) in [5.74, 6) is -0.944. The van der Waals surface area contributed by atoms with Crippen molar-refractivity contribution in [3.8, 4) is 5.75 Å². The van der Waals surface area contributed by atoms with Gasteiger partial charge < -0.3 is 31.1 Å². The summed E-state index contributed by atoms with van der Waals surface area (Å²) in [6, 6.07) is 17.7. The van der Waals surface area contributed by atoms with Gasteiger partial charge in [-0.2, -0.15) is 0 Å². The van der Waals surface area contributed by atoms with Crippen molar-refractivity contribution in [2.45, 2.75) is 58.3 Å². The van der Waals surface area contributed by atoms with Crippen LogP contribution in [0.1, 0.15) is 47.3 Å². The van der Waals surface area contributed by atoms with Gasteiger partial charge >= 0.3 is 0 Å². The summed E-state index contributed by atoms with van der Waals surface area (Å²) >= 11 is 6.30. The van der Waals surface area contributed by atoms with Gasteiger partial charge in [-0.1, -0.05) is 67.9 Å². The first-order valence-electron chi connectivity index (χ1n) is 14.2. The Morgan fingerprint density at radius 1 is 1.12 bits per heavy atom. The number of nitrogen functional groups attached to an aromatic ring is 1. The summed E-state index contributed by atoms with van der Waals surface area (Å²) in [5, 5.41) is 17.4. The number of anilines is 1. The number of rotatable bonds is 10. The smallest absolute Gasteiger partial charge is 0.254 e. The first-order chi connectivity index (χ1) is 20.4. The van der Waals surface area contributed by atoms with Crippen molar-refractivity contribution >= 4 is 35.0 Å². The summed E-state index contributed by atoms with van der Waals surface area (Å²) < 4.78 is 5.33. The van der Waals surface area contributed by atoms with Crippen LogP contribution in [0.4, 0.5) is 5.69 Å². The molecule has 1 aliphatic rings. The Hall–Kier alpha value is -4.08. The first-order valence-corrected chi connectivity index (χ1v) is 14.6. The van der Waals surface area contributed by atoms with Gasteiger partial charge in [0.25, 0.3) is 11.8 Å². The highest BCUT2D eigenvalue weighted by Crippen LogP contribution is 2.37. The zero-order valence-corrected chi connectivity index (χ0v) is 25.6. The first kappa shape index (κ1) is 31.8. The fraction of sp³-hybridized carbons (Fsp3) is 0.364. The molecule has 3 atom stereocenters. The number of benzene rings is 3. The average molecular weight is 607 g/mol. The second kappa shape index (κ2) is 13.5. The number of aryl methyl sites for hydroxylation is 1. The predicted octanol–water partition coefficient (Wildman–Crippen LogP) is 3.88. The van der Waals surface area contributed by atoms with Crippen molar-refractivity contribution in [1.29, 1.82) is 0 Å². The van der Waals surface area contributed by atoms with Crippen LogP contribution in [0.25, 0.3) is 0 Å². The third-order valence-corrected chi connectivity index (χ3v) is 8.53. The van der Waals surface area contributed by atoms with Gasteiger partial charge in [0.2, 0.25) is 5.91 Å². The summed E-state index contributed by atoms with van der Waals surface area (Å²) in [4.78, 5) is 42.3. The Morgan fingerprint density at radius 3 is 2.56 bits per heavy atom. The van der Waals surface area contributed by atoms with Gasteiger partial charge in [0.1, 0.15) is 11.8 Å². The van der Waals surface area contributed by atoms with Gasteiger partial charge in [-0.05, 0) is 66.1 Å². The summed E-state index contributed by atoms with van der Waals surface area (Å²) in [5.41, 5.74) is 8.47. The van der Waals surface area contributed by atoms with Crippen LogP contribution >= 0.6 is 11.6 Å². The highest BCUT2D eigenvalue weighted by atomic mass is 35.5. The molecule has 0 aliphatic carbocycles. The van der Waals surface area contributed by atoms with E-state index < -0.39 is 35.4 Å². The number of aliphatic hydroxyl groups is 1. The van der Waals surface area contributed by atoms with Gasteiger partial charge in [0, 0.05) is 13.1 Å². The molecule has 3 aromatic carbocycles. The molecule has 3 aromatic rings. The molecule has 4 rings (SSSR count). The number of nitrogens with two attached hydrogens (primary N) is 1. The van der Waals surface area contributed by atoms with E-state index in [-0.39, 0.29) is 35.1 Å². The number of methoxy groups -OCH3 is 1. The molecule has 228 valence electrons. The topological polar surface area (TPSA) is 134 Å². The number of carbonyl (C=O) groups excluding carboxylic acids is 3. The minimum Gasteiger partial charge on any atom is -0.497 e. The van der Waals surface area contributed by atoms with Crippen molar-refractivity contribution in [3.63, 3.8) is 0 Å². The molecule has 1 saturated heterocycles. The zero-order chi connectivity index (χ0) is 31.3. The molecule has 0 spiro atoms. The Bertz CT molecular complexity index is 1490. The zero-order valence-electron chi connectivity index (χ0n) is 24.9. The van der Waals surface area contributed by atoms with Gasteiger partial charge in [0.05, 0.1) is 29.4 Å². The van der Waals surface area contributed by atoms with Crippen LogP contribution in [0.5, 0.6) is 5.75 Å². The Morgan fingerprint density at radius 2 is 1.84 bits per heavy atom.